The number of nitrogens with zero attached hydrogens (tertiary/aromatic N) is 4. The number of carbonyl (C=O) groups excluding carboxylic acids is 1. The van der Waals surface area contributed by atoms with E-state index >= 15 is 0 Å². The van der Waals surface area contributed by atoms with Crippen LogP contribution in [0.3, 0.4) is 0 Å². The highest BCUT2D eigenvalue weighted by molar-refractivity contribution is 6.07. The van der Waals surface area contributed by atoms with Crippen molar-refractivity contribution in [3.8, 4) is 5.88 Å². The summed E-state index contributed by atoms with van der Waals surface area (Å²) >= 11 is 0. The Balaban J connectivity index is 0.00000149. The van der Waals surface area contributed by atoms with Gasteiger partial charge >= 0.3 is 0 Å². The molecule has 0 aliphatic carbocycles. The van der Waals surface area contributed by atoms with Gasteiger partial charge in [0.1, 0.15) is 11.6 Å². The second-order valence-electron chi connectivity index (χ2n) is 7.90. The van der Waals surface area contributed by atoms with Gasteiger partial charge in [0.2, 0.25) is 5.88 Å². The molecular weight excluding hydrogens is 416 g/mol. The zero-order valence-electron chi connectivity index (χ0n) is 19.7. The Morgan fingerprint density at radius 1 is 1.12 bits per heavy atom. The van der Waals surface area contributed by atoms with Gasteiger partial charge < -0.3 is 15.4 Å². The third-order valence-electron chi connectivity index (χ3n) is 5.12. The number of nitrogens with one attached hydrogen (secondary N) is 2. The van der Waals surface area contributed by atoms with Gasteiger partial charge in [-0.2, -0.15) is 0 Å². The largest absolute Gasteiger partial charge is 0.481 e. The van der Waals surface area contributed by atoms with E-state index in [9.17, 15) is 4.79 Å². The van der Waals surface area contributed by atoms with Gasteiger partial charge in [-0.25, -0.2) is 15.0 Å². The molecule has 8 heteroatoms. The second kappa shape index (κ2) is 10.7. The van der Waals surface area contributed by atoms with Crippen molar-refractivity contribution in [1.82, 2.24) is 15.0 Å². The molecule has 0 aromatic carbocycles. The van der Waals surface area contributed by atoms with Crippen molar-refractivity contribution in [3.63, 3.8) is 0 Å². The number of aromatic nitrogens is 3. The van der Waals surface area contributed by atoms with Gasteiger partial charge in [0.15, 0.2) is 0 Å². The number of hydrogen-bond donors (Lipinski definition) is 2. The fourth-order valence-electron chi connectivity index (χ4n) is 3.43. The Hall–Kier alpha value is -3.81. The quantitative estimate of drug-likeness (QED) is 0.579. The van der Waals surface area contributed by atoms with E-state index < -0.39 is 0 Å². The zero-order valence-corrected chi connectivity index (χ0v) is 19.7. The Morgan fingerprint density at radius 2 is 1.94 bits per heavy atom. The standard InChI is InChI=1S/C23H24N6O2.C2H6/c1-23(2)14-24-13-18-17(23)6-7-19(28-18)29-22(30)16-5-4-9-26-21(16)27-12-15-8-10-25-20(11-15)31-3;1-2/h4-11,13H,12,14H2,1-3H3,(H,26,27)(H,28,29,30);1-2H3. The molecule has 4 rings (SSSR count). The first-order chi connectivity index (χ1) is 16.0. The molecule has 0 saturated carbocycles. The number of hydrogen-bond acceptors (Lipinski definition) is 7. The van der Waals surface area contributed by atoms with E-state index in [4.69, 9.17) is 4.74 Å². The fraction of sp³-hybridized carbons (Fsp3) is 0.320. The van der Waals surface area contributed by atoms with Crippen LogP contribution in [0.1, 0.15) is 54.9 Å². The lowest BCUT2D eigenvalue weighted by atomic mass is 9.82. The van der Waals surface area contributed by atoms with E-state index in [1.165, 1.54) is 0 Å². The van der Waals surface area contributed by atoms with Gasteiger partial charge in [0, 0.05) is 43.2 Å². The van der Waals surface area contributed by atoms with Crippen LogP contribution in [-0.4, -0.2) is 40.7 Å². The molecule has 33 heavy (non-hydrogen) atoms. The summed E-state index contributed by atoms with van der Waals surface area (Å²) in [4.78, 5) is 30.3. The van der Waals surface area contributed by atoms with Crippen LogP contribution >= 0.6 is 0 Å². The fourth-order valence-corrected chi connectivity index (χ4v) is 3.43. The number of fused-ring (bicyclic) bond motifs is 1. The smallest absolute Gasteiger partial charge is 0.260 e. The summed E-state index contributed by atoms with van der Waals surface area (Å²) in [5.74, 6) is 1.20. The molecule has 1 amide bonds. The molecule has 8 nitrogen and oxygen atoms in total. The molecule has 172 valence electrons. The molecular formula is C25H30N6O2. The zero-order chi connectivity index (χ0) is 23.8. The van der Waals surface area contributed by atoms with E-state index in [-0.39, 0.29) is 11.3 Å². The highest BCUT2D eigenvalue weighted by Crippen LogP contribution is 2.29. The molecule has 3 aromatic rings. The maximum absolute atomic E-state index is 12.9. The van der Waals surface area contributed by atoms with Gasteiger partial charge in [-0.3, -0.25) is 9.79 Å². The summed E-state index contributed by atoms with van der Waals surface area (Å²) in [5.41, 5.74) is 3.22. The van der Waals surface area contributed by atoms with Crippen molar-refractivity contribution in [3.05, 3.63) is 71.2 Å². The SMILES string of the molecule is CC.COc1cc(CNc2ncccc2C(=O)Nc2ccc3c(n2)C=NCC3(C)C)ccn1. The maximum Gasteiger partial charge on any atom is 0.260 e. The topological polar surface area (TPSA) is 101 Å². The normalized spacial score (nSPS) is 13.2. The molecule has 0 unspecified atom stereocenters. The number of anilines is 2. The van der Waals surface area contributed by atoms with E-state index in [0.717, 1.165) is 23.4 Å². The molecule has 0 fully saturated rings. The average Bonchev–Trinajstić information content (AvgIpc) is 2.84. The summed E-state index contributed by atoms with van der Waals surface area (Å²) in [7, 11) is 1.57. The number of amides is 1. The lowest BCUT2D eigenvalue weighted by Crippen LogP contribution is -2.27. The van der Waals surface area contributed by atoms with Gasteiger partial charge in [0.05, 0.1) is 18.4 Å². The van der Waals surface area contributed by atoms with Crippen LogP contribution in [0.5, 0.6) is 5.88 Å². The third-order valence-corrected chi connectivity index (χ3v) is 5.12. The predicted molar refractivity (Wildman–Crippen MR) is 131 cm³/mol. The third kappa shape index (κ3) is 5.71. The van der Waals surface area contributed by atoms with Crippen LogP contribution in [-0.2, 0) is 12.0 Å². The van der Waals surface area contributed by atoms with Gasteiger partial charge in [-0.05, 0) is 35.4 Å². The molecule has 4 heterocycles. The van der Waals surface area contributed by atoms with Gasteiger partial charge in [0.25, 0.3) is 5.91 Å². The van der Waals surface area contributed by atoms with Crippen molar-refractivity contribution >= 4 is 23.8 Å². The highest BCUT2D eigenvalue weighted by atomic mass is 16.5. The minimum Gasteiger partial charge on any atom is -0.481 e. The van der Waals surface area contributed by atoms with Crippen LogP contribution < -0.4 is 15.4 Å². The first-order valence-electron chi connectivity index (χ1n) is 11.0. The monoisotopic (exact) mass is 446 g/mol. The first-order valence-corrected chi connectivity index (χ1v) is 11.0. The number of aliphatic imine (C=N–C) groups is 1. The second-order valence-corrected chi connectivity index (χ2v) is 7.90. The van der Waals surface area contributed by atoms with Crippen molar-refractivity contribution in [2.45, 2.75) is 39.7 Å². The Labute approximate surface area is 194 Å². The minimum atomic E-state index is -0.289. The van der Waals surface area contributed by atoms with E-state index in [1.54, 1.807) is 37.9 Å². The molecule has 0 radical (unpaired) electrons. The number of ether oxygens (including phenoxy) is 1. The van der Waals surface area contributed by atoms with Crippen LogP contribution in [0.4, 0.5) is 11.6 Å². The first kappa shape index (κ1) is 23.8. The van der Waals surface area contributed by atoms with E-state index in [2.05, 4.69) is 44.4 Å². The summed E-state index contributed by atoms with van der Waals surface area (Å²) in [6, 6.07) is 11.0. The number of rotatable bonds is 6. The molecule has 0 saturated heterocycles. The summed E-state index contributed by atoms with van der Waals surface area (Å²) < 4.78 is 5.15. The van der Waals surface area contributed by atoms with Crippen molar-refractivity contribution in [1.29, 1.82) is 0 Å². The molecule has 2 N–H and O–H groups in total. The number of pyridine rings is 3. The van der Waals surface area contributed by atoms with Crippen molar-refractivity contribution < 1.29 is 9.53 Å². The Kier molecular flexibility index (Phi) is 7.71. The molecule has 0 spiro atoms. The van der Waals surface area contributed by atoms with Gasteiger partial charge in [-0.15, -0.1) is 0 Å². The highest BCUT2D eigenvalue weighted by Gasteiger charge is 2.26. The molecule has 0 bridgehead atoms. The summed E-state index contributed by atoms with van der Waals surface area (Å²) in [6.07, 6.45) is 5.08. The molecule has 1 aliphatic heterocycles. The number of methoxy groups -OCH3 is 1. The van der Waals surface area contributed by atoms with Crippen LogP contribution in [0.15, 0.2) is 53.8 Å². The Bertz CT molecular complexity index is 1140. The molecule has 0 atom stereocenters. The Morgan fingerprint density at radius 3 is 2.73 bits per heavy atom. The van der Waals surface area contributed by atoms with Crippen molar-refractivity contribution in [2.75, 3.05) is 24.3 Å². The predicted octanol–water partition coefficient (Wildman–Crippen LogP) is 4.48. The minimum absolute atomic E-state index is 0.0737. The lowest BCUT2D eigenvalue weighted by Gasteiger charge is -2.27. The summed E-state index contributed by atoms with van der Waals surface area (Å²) in [5, 5.41) is 6.08. The number of carbonyl (C=O) groups is 1. The van der Waals surface area contributed by atoms with Crippen LogP contribution in [0, 0.1) is 0 Å². The van der Waals surface area contributed by atoms with Crippen LogP contribution in [0.25, 0.3) is 0 Å². The maximum atomic E-state index is 12.9. The molecule has 3 aromatic heterocycles. The van der Waals surface area contributed by atoms with Gasteiger partial charge in [-0.1, -0.05) is 33.8 Å². The molecule has 1 aliphatic rings. The van der Waals surface area contributed by atoms with Crippen LogP contribution in [0.2, 0.25) is 0 Å². The summed E-state index contributed by atoms with van der Waals surface area (Å²) in [6.45, 7) is 9.46. The average molecular weight is 447 g/mol. The van der Waals surface area contributed by atoms with E-state index in [0.29, 0.717) is 29.6 Å². The van der Waals surface area contributed by atoms with Crippen molar-refractivity contribution in [2.24, 2.45) is 4.99 Å². The van der Waals surface area contributed by atoms with E-state index in [1.807, 2.05) is 38.1 Å². The lowest BCUT2D eigenvalue weighted by molar-refractivity contribution is 0.102.